The van der Waals surface area contributed by atoms with E-state index in [0.29, 0.717) is 0 Å². The SMILES string of the molecule is CC1(C(F)(F)F)CN(C(N)=O)c2cnc3c(-c4cnc(-n5nccn5)c(Cl)c4)c(F)nn3c21. The standard InChI is InChI=1S/C18H12ClF4N9O/c1-17(18(21,22)23)7-30(16(24)33)10-6-26-15-11(13(20)29-31(15)12(10)17)8-4-9(19)14(25-5-8)32-27-2-3-28-32/h2-6H,7H2,1H3,(H2,24,33). The van der Waals surface area contributed by atoms with Crippen LogP contribution >= 0.6 is 11.6 Å². The monoisotopic (exact) mass is 481 g/mol. The number of fused-ring (bicyclic) bond motifs is 3. The lowest BCUT2D eigenvalue weighted by atomic mass is 9.87. The predicted octanol–water partition coefficient (Wildman–Crippen LogP) is 2.88. The summed E-state index contributed by atoms with van der Waals surface area (Å²) in [7, 11) is 0. The molecule has 33 heavy (non-hydrogen) atoms. The number of pyridine rings is 1. The van der Waals surface area contributed by atoms with E-state index in [-0.39, 0.29) is 33.3 Å². The zero-order valence-corrected chi connectivity index (χ0v) is 17.3. The smallest absolute Gasteiger partial charge is 0.351 e. The summed E-state index contributed by atoms with van der Waals surface area (Å²) in [6, 6.07) is 0.248. The molecule has 1 aliphatic rings. The molecule has 4 aromatic heterocycles. The number of hydrogen-bond acceptors (Lipinski definition) is 6. The quantitative estimate of drug-likeness (QED) is 0.440. The summed E-state index contributed by atoms with van der Waals surface area (Å²) in [5, 5.41) is 11.6. The van der Waals surface area contributed by atoms with Crippen molar-refractivity contribution in [3.63, 3.8) is 0 Å². The third-order valence-corrected chi connectivity index (χ3v) is 5.76. The van der Waals surface area contributed by atoms with Gasteiger partial charge in [0.25, 0.3) is 0 Å². The second-order valence-electron chi connectivity index (χ2n) is 7.50. The number of nitrogens with two attached hydrogens (primary N) is 1. The highest BCUT2D eigenvalue weighted by Gasteiger charge is 2.60. The van der Waals surface area contributed by atoms with Gasteiger partial charge in [-0.1, -0.05) is 11.6 Å². The van der Waals surface area contributed by atoms with Crippen LogP contribution < -0.4 is 10.6 Å². The van der Waals surface area contributed by atoms with Gasteiger partial charge in [-0.2, -0.15) is 27.8 Å². The molecule has 0 saturated heterocycles. The van der Waals surface area contributed by atoms with Gasteiger partial charge in [-0.05, 0) is 13.0 Å². The lowest BCUT2D eigenvalue weighted by Crippen LogP contribution is -2.46. The van der Waals surface area contributed by atoms with Gasteiger partial charge in [0, 0.05) is 18.3 Å². The summed E-state index contributed by atoms with van der Waals surface area (Å²) in [5.74, 6) is -0.932. The molecule has 5 heterocycles. The fourth-order valence-corrected chi connectivity index (χ4v) is 4.09. The van der Waals surface area contributed by atoms with E-state index in [0.717, 1.165) is 27.3 Å². The summed E-state index contributed by atoms with van der Waals surface area (Å²) in [5.41, 5.74) is 1.73. The average Bonchev–Trinajstić information content (AvgIpc) is 3.43. The van der Waals surface area contributed by atoms with Crippen molar-refractivity contribution in [2.24, 2.45) is 5.73 Å². The van der Waals surface area contributed by atoms with Crippen LogP contribution in [0, 0.1) is 5.95 Å². The maximum absolute atomic E-state index is 15.0. The zero-order valence-electron chi connectivity index (χ0n) is 16.5. The Morgan fingerprint density at radius 2 is 1.91 bits per heavy atom. The van der Waals surface area contributed by atoms with E-state index in [4.69, 9.17) is 17.3 Å². The van der Waals surface area contributed by atoms with Crippen molar-refractivity contribution in [3.05, 3.63) is 47.5 Å². The molecule has 0 bridgehead atoms. The van der Waals surface area contributed by atoms with Crippen molar-refractivity contribution in [2.75, 3.05) is 11.4 Å². The number of carbonyl (C=O) groups is 1. The average molecular weight is 482 g/mol. The Bertz CT molecular complexity index is 1420. The Labute approximate surface area is 186 Å². The minimum absolute atomic E-state index is 0.0589. The third kappa shape index (κ3) is 2.93. The molecule has 0 aromatic carbocycles. The number of halogens is 5. The Morgan fingerprint density at radius 1 is 1.21 bits per heavy atom. The first-order valence-corrected chi connectivity index (χ1v) is 9.65. The Kier molecular flexibility index (Phi) is 4.37. The number of amides is 2. The van der Waals surface area contributed by atoms with Crippen molar-refractivity contribution in [1.82, 2.24) is 34.6 Å². The van der Waals surface area contributed by atoms with Crippen LogP contribution in [0.25, 0.3) is 22.6 Å². The van der Waals surface area contributed by atoms with Gasteiger partial charge in [0.1, 0.15) is 5.41 Å². The van der Waals surface area contributed by atoms with Crippen LogP contribution in [0.15, 0.2) is 30.9 Å². The van der Waals surface area contributed by atoms with Crippen LogP contribution in [0.4, 0.5) is 28.0 Å². The van der Waals surface area contributed by atoms with Crippen molar-refractivity contribution in [3.8, 4) is 16.9 Å². The summed E-state index contributed by atoms with van der Waals surface area (Å²) < 4.78 is 58.0. The Morgan fingerprint density at radius 3 is 2.52 bits per heavy atom. The first-order chi connectivity index (χ1) is 15.5. The van der Waals surface area contributed by atoms with E-state index < -0.39 is 35.8 Å². The highest BCUT2D eigenvalue weighted by atomic mass is 35.5. The molecule has 0 aliphatic carbocycles. The number of alkyl halides is 3. The molecule has 4 aromatic rings. The second kappa shape index (κ2) is 6.84. The van der Waals surface area contributed by atoms with Crippen LogP contribution in [0.1, 0.15) is 12.6 Å². The zero-order chi connectivity index (χ0) is 23.7. The number of anilines is 1. The van der Waals surface area contributed by atoms with Gasteiger partial charge in [0.2, 0.25) is 5.95 Å². The fourth-order valence-electron chi connectivity index (χ4n) is 3.85. The van der Waals surface area contributed by atoms with E-state index in [1.807, 2.05) is 0 Å². The van der Waals surface area contributed by atoms with Crippen LogP contribution in [0.2, 0.25) is 5.02 Å². The number of carbonyl (C=O) groups excluding carboxylic acids is 1. The lowest BCUT2D eigenvalue weighted by molar-refractivity contribution is -0.181. The topological polar surface area (TPSA) is 120 Å². The van der Waals surface area contributed by atoms with Crippen molar-refractivity contribution >= 4 is 29.0 Å². The van der Waals surface area contributed by atoms with Gasteiger partial charge in [-0.25, -0.2) is 19.3 Å². The molecule has 0 spiro atoms. The lowest BCUT2D eigenvalue weighted by Gasteiger charge is -2.27. The number of primary amides is 1. The Balaban J connectivity index is 1.74. The van der Waals surface area contributed by atoms with Crippen LogP contribution in [0.3, 0.4) is 0 Å². The van der Waals surface area contributed by atoms with E-state index >= 15 is 4.39 Å². The van der Waals surface area contributed by atoms with Crippen molar-refractivity contribution < 1.29 is 22.4 Å². The van der Waals surface area contributed by atoms with Crippen molar-refractivity contribution in [2.45, 2.75) is 18.5 Å². The molecule has 2 amide bonds. The fraction of sp³-hybridized carbons (Fsp3) is 0.222. The molecule has 1 unspecified atom stereocenters. The molecule has 170 valence electrons. The summed E-state index contributed by atoms with van der Waals surface area (Å²) >= 11 is 6.25. The molecule has 10 nitrogen and oxygen atoms in total. The molecule has 0 radical (unpaired) electrons. The Hall–Kier alpha value is -3.81. The molecule has 1 aliphatic heterocycles. The van der Waals surface area contributed by atoms with Crippen LogP contribution in [0.5, 0.6) is 0 Å². The van der Waals surface area contributed by atoms with E-state index in [9.17, 15) is 18.0 Å². The third-order valence-electron chi connectivity index (χ3n) is 5.48. The maximum Gasteiger partial charge on any atom is 0.401 e. The molecule has 1 atom stereocenters. The molecule has 5 rings (SSSR count). The predicted molar refractivity (Wildman–Crippen MR) is 106 cm³/mol. The first kappa shape index (κ1) is 21.1. The van der Waals surface area contributed by atoms with Crippen LogP contribution in [-0.4, -0.2) is 53.3 Å². The molecular formula is C18H12ClF4N9O. The minimum Gasteiger partial charge on any atom is -0.351 e. The van der Waals surface area contributed by atoms with Gasteiger partial charge in [-0.15, -0.1) is 9.90 Å². The molecule has 0 fully saturated rings. The van der Waals surface area contributed by atoms with E-state index in [1.165, 1.54) is 24.7 Å². The van der Waals surface area contributed by atoms with Gasteiger partial charge in [-0.3, -0.25) is 4.90 Å². The largest absolute Gasteiger partial charge is 0.401 e. The second-order valence-corrected chi connectivity index (χ2v) is 7.90. The van der Waals surface area contributed by atoms with Gasteiger partial charge >= 0.3 is 12.2 Å². The van der Waals surface area contributed by atoms with Gasteiger partial charge in [0.05, 0.1) is 40.6 Å². The number of rotatable bonds is 2. The molecule has 0 saturated carbocycles. The summed E-state index contributed by atoms with van der Waals surface area (Å²) in [4.78, 5) is 21.9. The summed E-state index contributed by atoms with van der Waals surface area (Å²) in [6.45, 7) is 0.0928. The van der Waals surface area contributed by atoms with Gasteiger partial charge < -0.3 is 5.73 Å². The summed E-state index contributed by atoms with van der Waals surface area (Å²) in [6.07, 6.45) is 0.307. The maximum atomic E-state index is 15.0. The molecule has 2 N–H and O–H groups in total. The van der Waals surface area contributed by atoms with E-state index in [2.05, 4.69) is 25.3 Å². The highest BCUT2D eigenvalue weighted by molar-refractivity contribution is 6.32. The number of nitrogens with zero attached hydrogens (tertiary/aromatic N) is 8. The van der Waals surface area contributed by atoms with Crippen LogP contribution in [-0.2, 0) is 5.41 Å². The number of urea groups is 1. The number of hydrogen-bond donors (Lipinski definition) is 1. The highest BCUT2D eigenvalue weighted by Crippen LogP contribution is 2.50. The number of aromatic nitrogens is 7. The van der Waals surface area contributed by atoms with Gasteiger partial charge in [0.15, 0.2) is 11.5 Å². The normalized spacial score (nSPS) is 18.2. The first-order valence-electron chi connectivity index (χ1n) is 9.27. The van der Waals surface area contributed by atoms with Crippen molar-refractivity contribution in [1.29, 1.82) is 0 Å². The minimum atomic E-state index is -4.80. The molecule has 15 heteroatoms. The molecular weight excluding hydrogens is 470 g/mol. The van der Waals surface area contributed by atoms with E-state index in [1.54, 1.807) is 0 Å².